The van der Waals surface area contributed by atoms with Gasteiger partial charge in [0.25, 0.3) is 0 Å². The molecular weight excluding hydrogens is 174 g/mol. The van der Waals surface area contributed by atoms with Crippen LogP contribution in [0.2, 0.25) is 0 Å². The lowest BCUT2D eigenvalue weighted by Gasteiger charge is -2.14. The molecule has 0 aliphatic heterocycles. The van der Waals surface area contributed by atoms with Gasteiger partial charge in [0.1, 0.15) is 0 Å². The van der Waals surface area contributed by atoms with Crippen LogP contribution in [0.4, 0.5) is 0 Å². The van der Waals surface area contributed by atoms with Crippen LogP contribution in [-0.2, 0) is 4.79 Å². The second-order valence-corrected chi connectivity index (χ2v) is 3.39. The lowest BCUT2D eigenvalue weighted by atomic mass is 10.1. The Balaban J connectivity index is 3.00. The van der Waals surface area contributed by atoms with Crippen LogP contribution in [-0.4, -0.2) is 24.8 Å². The number of rotatable bonds is 3. The molecule has 2 nitrogen and oxygen atoms in total. The Hall–Kier alpha value is -1.57. The van der Waals surface area contributed by atoms with Gasteiger partial charge < -0.3 is 4.90 Å². The SMILES string of the molecule is CC(=O)C(=Cc1ccccc1)N(C)C. The van der Waals surface area contributed by atoms with Crippen LogP contribution in [0.1, 0.15) is 12.5 Å². The third-order valence-corrected chi connectivity index (χ3v) is 1.95. The Kier molecular flexibility index (Phi) is 3.46. The first kappa shape index (κ1) is 10.5. The first-order valence-electron chi connectivity index (χ1n) is 4.56. The molecule has 0 bridgehead atoms. The fourth-order valence-electron chi connectivity index (χ4n) is 1.25. The predicted molar refractivity (Wildman–Crippen MR) is 58.8 cm³/mol. The number of benzene rings is 1. The molecule has 0 saturated carbocycles. The Morgan fingerprint density at radius 3 is 2.21 bits per heavy atom. The zero-order chi connectivity index (χ0) is 10.6. The Morgan fingerprint density at radius 1 is 1.21 bits per heavy atom. The van der Waals surface area contributed by atoms with E-state index in [0.717, 1.165) is 11.3 Å². The van der Waals surface area contributed by atoms with Crippen LogP contribution in [0.25, 0.3) is 6.08 Å². The van der Waals surface area contributed by atoms with Crippen LogP contribution < -0.4 is 0 Å². The molecular formula is C12H15NO. The first-order chi connectivity index (χ1) is 6.61. The molecule has 0 spiro atoms. The highest BCUT2D eigenvalue weighted by atomic mass is 16.1. The van der Waals surface area contributed by atoms with Gasteiger partial charge in [-0.3, -0.25) is 4.79 Å². The maximum atomic E-state index is 11.3. The minimum atomic E-state index is 0.0823. The van der Waals surface area contributed by atoms with E-state index in [0.29, 0.717) is 0 Å². The standard InChI is InChI=1S/C12H15NO/c1-10(14)12(13(2)3)9-11-7-5-4-6-8-11/h4-9H,1-3H3. The molecule has 0 aliphatic carbocycles. The lowest BCUT2D eigenvalue weighted by molar-refractivity contribution is -0.114. The van der Waals surface area contributed by atoms with Gasteiger partial charge in [0.05, 0.1) is 5.70 Å². The summed E-state index contributed by atoms with van der Waals surface area (Å²) in [5, 5.41) is 0. The van der Waals surface area contributed by atoms with Gasteiger partial charge in [-0.1, -0.05) is 30.3 Å². The molecule has 1 aromatic rings. The van der Waals surface area contributed by atoms with E-state index in [-0.39, 0.29) is 5.78 Å². The molecule has 0 radical (unpaired) electrons. The van der Waals surface area contributed by atoms with Gasteiger partial charge >= 0.3 is 0 Å². The number of Topliss-reactive ketones (excluding diaryl/α,β-unsaturated/α-hetero) is 1. The number of likely N-dealkylation sites (N-methyl/N-ethyl adjacent to an activating group) is 1. The van der Waals surface area contributed by atoms with Crippen LogP contribution in [0.15, 0.2) is 36.0 Å². The van der Waals surface area contributed by atoms with Crippen LogP contribution in [0, 0.1) is 0 Å². The first-order valence-corrected chi connectivity index (χ1v) is 4.56. The van der Waals surface area contributed by atoms with Gasteiger partial charge in [-0.2, -0.15) is 0 Å². The van der Waals surface area contributed by atoms with Crippen molar-refractivity contribution in [2.45, 2.75) is 6.92 Å². The molecule has 1 rings (SSSR count). The maximum absolute atomic E-state index is 11.3. The topological polar surface area (TPSA) is 20.3 Å². The molecule has 14 heavy (non-hydrogen) atoms. The lowest BCUT2D eigenvalue weighted by Crippen LogP contribution is -2.16. The average molecular weight is 189 g/mol. The predicted octanol–water partition coefficient (Wildman–Crippen LogP) is 2.18. The van der Waals surface area contributed by atoms with Crippen LogP contribution in [0.5, 0.6) is 0 Å². The van der Waals surface area contributed by atoms with Crippen molar-refractivity contribution >= 4 is 11.9 Å². The fourth-order valence-corrected chi connectivity index (χ4v) is 1.25. The molecule has 0 fully saturated rings. The second-order valence-electron chi connectivity index (χ2n) is 3.39. The number of carbonyl (C=O) groups is 1. The van der Waals surface area contributed by atoms with Gasteiger partial charge in [0.15, 0.2) is 5.78 Å². The van der Waals surface area contributed by atoms with E-state index < -0.39 is 0 Å². The third-order valence-electron chi connectivity index (χ3n) is 1.95. The molecule has 2 heteroatoms. The third kappa shape index (κ3) is 2.73. The smallest absolute Gasteiger partial charge is 0.175 e. The zero-order valence-electron chi connectivity index (χ0n) is 8.82. The molecule has 0 saturated heterocycles. The highest BCUT2D eigenvalue weighted by Crippen LogP contribution is 2.08. The van der Waals surface area contributed by atoms with E-state index >= 15 is 0 Å². The molecule has 0 amide bonds. The van der Waals surface area contributed by atoms with Crippen molar-refractivity contribution in [2.75, 3.05) is 14.1 Å². The van der Waals surface area contributed by atoms with Gasteiger partial charge in [-0.25, -0.2) is 0 Å². The molecule has 0 aliphatic rings. The van der Waals surface area contributed by atoms with Crippen molar-refractivity contribution in [3.05, 3.63) is 41.6 Å². The van der Waals surface area contributed by atoms with E-state index in [9.17, 15) is 4.79 Å². The van der Waals surface area contributed by atoms with Gasteiger partial charge in [-0.15, -0.1) is 0 Å². The highest BCUT2D eigenvalue weighted by Gasteiger charge is 2.05. The van der Waals surface area contributed by atoms with E-state index in [1.165, 1.54) is 0 Å². The van der Waals surface area contributed by atoms with Crippen molar-refractivity contribution in [1.82, 2.24) is 4.90 Å². The summed E-state index contributed by atoms with van der Waals surface area (Å²) in [5.74, 6) is 0.0823. The van der Waals surface area contributed by atoms with Crippen LogP contribution in [0.3, 0.4) is 0 Å². The monoisotopic (exact) mass is 189 g/mol. The summed E-state index contributed by atoms with van der Waals surface area (Å²) in [7, 11) is 3.74. The quantitative estimate of drug-likeness (QED) is 0.679. The summed E-state index contributed by atoms with van der Waals surface area (Å²) >= 11 is 0. The van der Waals surface area contributed by atoms with Gasteiger partial charge in [0, 0.05) is 21.0 Å². The van der Waals surface area contributed by atoms with E-state index in [2.05, 4.69) is 0 Å². The molecule has 1 aromatic carbocycles. The second kappa shape index (κ2) is 4.61. The molecule has 0 N–H and O–H groups in total. The molecule has 0 unspecified atom stereocenters. The largest absolute Gasteiger partial charge is 0.375 e. The average Bonchev–Trinajstić information content (AvgIpc) is 2.15. The van der Waals surface area contributed by atoms with Crippen LogP contribution >= 0.6 is 0 Å². The number of ketones is 1. The number of nitrogens with zero attached hydrogens (tertiary/aromatic N) is 1. The summed E-state index contributed by atoms with van der Waals surface area (Å²) < 4.78 is 0. The van der Waals surface area contributed by atoms with Gasteiger partial charge in [0.2, 0.25) is 0 Å². The summed E-state index contributed by atoms with van der Waals surface area (Å²) in [6.07, 6.45) is 1.89. The van der Waals surface area contributed by atoms with E-state index in [1.54, 1.807) is 6.92 Å². The number of carbonyl (C=O) groups excluding carboxylic acids is 1. The Labute approximate surface area is 84.9 Å². The molecule has 74 valence electrons. The Morgan fingerprint density at radius 2 is 1.79 bits per heavy atom. The zero-order valence-corrected chi connectivity index (χ0v) is 8.82. The minimum absolute atomic E-state index is 0.0823. The number of allylic oxidation sites excluding steroid dienone is 1. The fraction of sp³-hybridized carbons (Fsp3) is 0.250. The van der Waals surface area contributed by atoms with Crippen molar-refractivity contribution in [1.29, 1.82) is 0 Å². The highest BCUT2D eigenvalue weighted by molar-refractivity contribution is 5.96. The van der Waals surface area contributed by atoms with E-state index in [1.807, 2.05) is 55.4 Å². The summed E-state index contributed by atoms with van der Waals surface area (Å²) in [6.45, 7) is 1.58. The van der Waals surface area contributed by atoms with Crippen molar-refractivity contribution in [3.63, 3.8) is 0 Å². The molecule has 0 heterocycles. The van der Waals surface area contributed by atoms with E-state index in [4.69, 9.17) is 0 Å². The van der Waals surface area contributed by atoms with Gasteiger partial charge in [-0.05, 0) is 11.6 Å². The minimum Gasteiger partial charge on any atom is -0.375 e. The number of hydrogen-bond acceptors (Lipinski definition) is 2. The summed E-state index contributed by atoms with van der Waals surface area (Å²) in [4.78, 5) is 13.1. The summed E-state index contributed by atoms with van der Waals surface area (Å²) in [5.41, 5.74) is 1.77. The normalized spacial score (nSPS) is 11.2. The molecule has 0 atom stereocenters. The van der Waals surface area contributed by atoms with Crippen molar-refractivity contribution in [3.8, 4) is 0 Å². The van der Waals surface area contributed by atoms with Crippen molar-refractivity contribution < 1.29 is 4.79 Å². The maximum Gasteiger partial charge on any atom is 0.175 e. The summed E-state index contributed by atoms with van der Waals surface area (Å²) in [6, 6.07) is 9.83. The van der Waals surface area contributed by atoms with Crippen molar-refractivity contribution in [2.24, 2.45) is 0 Å². The number of hydrogen-bond donors (Lipinski definition) is 0. The Bertz CT molecular complexity index is 339. The molecule has 0 aromatic heterocycles.